The number of hydrogen-bond acceptors (Lipinski definition) is 6. The second-order valence-corrected chi connectivity index (χ2v) is 24.4. The van der Waals surface area contributed by atoms with E-state index in [1.54, 1.807) is 0 Å². The molecule has 0 aromatic heterocycles. The van der Waals surface area contributed by atoms with Crippen LogP contribution < -0.4 is 0 Å². The molecular weight excluding hydrogens is 729 g/mol. The predicted octanol–water partition coefficient (Wildman–Crippen LogP) is 16.2. The smallest absolute Gasteiger partial charge is 0.371 e. The third kappa shape index (κ3) is 32.0. The highest BCUT2D eigenvalue weighted by molar-refractivity contribution is 7.26. The number of hydrogen-bond donors (Lipinski definition) is 0. The molecule has 0 atom stereocenters. The molecule has 0 saturated heterocycles. The first-order valence-corrected chi connectivity index (χ1v) is 29.9. The van der Waals surface area contributed by atoms with Crippen molar-refractivity contribution in [2.75, 3.05) is 39.6 Å². The van der Waals surface area contributed by atoms with E-state index in [0.717, 1.165) is 38.5 Å². The molecule has 6 nitrogen and oxygen atoms in total. The number of rotatable bonds is 49. The van der Waals surface area contributed by atoms with Gasteiger partial charge in [-0.05, 0) is 38.5 Å². The Morgan fingerprint density at radius 3 is 0.446 bits per heavy atom. The average molecular weight is 832 g/mol. The van der Waals surface area contributed by atoms with Crippen LogP contribution >= 0.6 is 0 Å². The molecule has 0 N–H and O–H groups in total. The Labute approximate surface area is 354 Å². The summed E-state index contributed by atoms with van der Waals surface area (Å²) in [5, 5.41) is 0. The monoisotopic (exact) mass is 831 g/mol. The zero-order chi connectivity index (χ0) is 40.9. The highest BCUT2D eigenvalue weighted by Crippen LogP contribution is 2.31. The summed E-state index contributed by atoms with van der Waals surface area (Å²) in [6.07, 6.45) is 43.8. The van der Waals surface area contributed by atoms with Crippen LogP contribution in [0.15, 0.2) is 0 Å². The minimum atomic E-state index is -3.57. The van der Waals surface area contributed by atoms with Crippen LogP contribution in [0.2, 0.25) is 0 Å². The zero-order valence-electron chi connectivity index (χ0n) is 39.1. The molecule has 0 spiro atoms. The quantitative estimate of drug-likeness (QED) is 0.0450. The molecule has 0 bridgehead atoms. The van der Waals surface area contributed by atoms with Crippen LogP contribution in [0.25, 0.3) is 0 Å². The first kappa shape index (κ1) is 56.2. The lowest BCUT2D eigenvalue weighted by Crippen LogP contribution is -2.74. The largest absolute Gasteiger partial charge is 0.577 e. The van der Waals surface area contributed by atoms with E-state index < -0.39 is 16.6 Å². The second-order valence-electron chi connectivity index (χ2n) is 16.8. The molecular formula is C48H102O6Si2. The Hall–Kier alpha value is 0.194. The van der Waals surface area contributed by atoms with Crippen LogP contribution in [-0.4, -0.2) is 56.3 Å². The van der Waals surface area contributed by atoms with Crippen molar-refractivity contribution in [3.05, 3.63) is 0 Å². The van der Waals surface area contributed by atoms with Crippen LogP contribution in [0.3, 0.4) is 0 Å². The molecule has 0 aliphatic rings. The van der Waals surface area contributed by atoms with Gasteiger partial charge < -0.3 is 26.6 Å². The summed E-state index contributed by atoms with van der Waals surface area (Å²) in [4.78, 5) is 0. The van der Waals surface area contributed by atoms with Gasteiger partial charge in [-0.1, -0.05) is 234 Å². The lowest BCUT2D eigenvalue weighted by atomic mass is 10.1. The molecule has 0 radical (unpaired) electrons. The maximum absolute atomic E-state index is 7.20. The van der Waals surface area contributed by atoms with Gasteiger partial charge in [0, 0.05) is 39.6 Å². The Balaban J connectivity index is 6.61. The van der Waals surface area contributed by atoms with E-state index in [2.05, 4.69) is 41.5 Å². The van der Waals surface area contributed by atoms with E-state index in [1.807, 2.05) is 0 Å². The van der Waals surface area contributed by atoms with Crippen LogP contribution in [0.4, 0.5) is 0 Å². The summed E-state index contributed by atoms with van der Waals surface area (Å²) >= 11 is 0. The van der Waals surface area contributed by atoms with Crippen molar-refractivity contribution < 1.29 is 26.6 Å². The van der Waals surface area contributed by atoms with Gasteiger partial charge in [0.05, 0.1) is 0 Å². The van der Waals surface area contributed by atoms with Gasteiger partial charge in [-0.15, -0.1) is 0 Å². The van der Waals surface area contributed by atoms with Crippen LogP contribution in [-0.2, 0) is 26.6 Å². The molecule has 0 fully saturated rings. The van der Waals surface area contributed by atoms with Crippen LogP contribution in [0.1, 0.15) is 273 Å². The Kier molecular flexibility index (Phi) is 44.9. The first-order valence-electron chi connectivity index (χ1n) is 25.4. The Morgan fingerprint density at radius 2 is 0.304 bits per heavy atom. The van der Waals surface area contributed by atoms with Gasteiger partial charge in [-0.25, -0.2) is 0 Å². The van der Waals surface area contributed by atoms with Gasteiger partial charge in [0.1, 0.15) is 0 Å². The molecule has 0 unspecified atom stereocenters. The molecule has 338 valence electrons. The van der Waals surface area contributed by atoms with Gasteiger partial charge in [0.15, 0.2) is 0 Å². The van der Waals surface area contributed by atoms with E-state index in [1.165, 1.54) is 193 Å². The standard InChI is InChI=1S/C48H102O6Si2/c1-7-13-19-25-31-37-43-49-55(50-44-38-32-26-20-14-8-2,51-45-39-33-27-21-15-9-3)56(52-46-40-34-28-22-16-10-4,53-47-41-35-29-23-17-11-5)54-48-42-36-30-24-18-12-6/h7-48H2,1-6H3. The van der Waals surface area contributed by atoms with Crippen molar-refractivity contribution in [3.8, 4) is 0 Å². The highest BCUT2D eigenvalue weighted by Gasteiger charge is 2.72. The molecule has 0 aliphatic carbocycles. The zero-order valence-corrected chi connectivity index (χ0v) is 41.1. The van der Waals surface area contributed by atoms with Crippen molar-refractivity contribution in [3.63, 3.8) is 0 Å². The van der Waals surface area contributed by atoms with Gasteiger partial charge in [0.2, 0.25) is 0 Å². The van der Waals surface area contributed by atoms with E-state index in [4.69, 9.17) is 26.6 Å². The van der Waals surface area contributed by atoms with Crippen molar-refractivity contribution >= 4 is 16.6 Å². The van der Waals surface area contributed by atoms with E-state index >= 15 is 0 Å². The molecule has 0 rings (SSSR count). The van der Waals surface area contributed by atoms with Crippen molar-refractivity contribution in [2.45, 2.75) is 273 Å². The molecule has 0 heterocycles. The fourth-order valence-corrected chi connectivity index (χ4v) is 16.4. The fraction of sp³-hybridized carbons (Fsp3) is 1.00. The van der Waals surface area contributed by atoms with E-state index in [-0.39, 0.29) is 0 Å². The van der Waals surface area contributed by atoms with Crippen molar-refractivity contribution in [1.82, 2.24) is 0 Å². The molecule has 8 heteroatoms. The summed E-state index contributed by atoms with van der Waals surface area (Å²) < 4.78 is 43.2. The van der Waals surface area contributed by atoms with Gasteiger partial charge in [0.25, 0.3) is 0 Å². The summed E-state index contributed by atoms with van der Waals surface area (Å²) in [7, 11) is -7.15. The van der Waals surface area contributed by atoms with Crippen LogP contribution in [0, 0.1) is 0 Å². The third-order valence-corrected chi connectivity index (χ3v) is 20.2. The van der Waals surface area contributed by atoms with Crippen molar-refractivity contribution in [1.29, 1.82) is 0 Å². The Morgan fingerprint density at radius 1 is 0.179 bits per heavy atom. The summed E-state index contributed by atoms with van der Waals surface area (Å²) in [5.41, 5.74) is 0. The lowest BCUT2D eigenvalue weighted by molar-refractivity contribution is 0.00820. The first-order chi connectivity index (χ1) is 27.6. The highest BCUT2D eigenvalue weighted by atomic mass is 29.3. The summed E-state index contributed by atoms with van der Waals surface area (Å²) in [6.45, 7) is 17.5. The molecule has 0 amide bonds. The van der Waals surface area contributed by atoms with E-state index in [0.29, 0.717) is 39.6 Å². The molecule has 0 aliphatic heterocycles. The normalized spacial score (nSPS) is 12.3. The third-order valence-electron chi connectivity index (χ3n) is 11.1. The van der Waals surface area contributed by atoms with Gasteiger partial charge >= 0.3 is 16.6 Å². The van der Waals surface area contributed by atoms with Gasteiger partial charge in [-0.2, -0.15) is 0 Å². The second kappa shape index (κ2) is 44.7. The predicted molar refractivity (Wildman–Crippen MR) is 247 cm³/mol. The van der Waals surface area contributed by atoms with Crippen LogP contribution in [0.5, 0.6) is 0 Å². The molecule has 0 aromatic carbocycles. The molecule has 0 saturated carbocycles. The lowest BCUT2D eigenvalue weighted by Gasteiger charge is -2.41. The topological polar surface area (TPSA) is 55.4 Å². The molecule has 0 aromatic rings. The van der Waals surface area contributed by atoms with E-state index in [9.17, 15) is 0 Å². The minimum Gasteiger partial charge on any atom is -0.371 e. The summed E-state index contributed by atoms with van der Waals surface area (Å²) in [5.74, 6) is 0. The minimum absolute atomic E-state index is 0.626. The maximum atomic E-state index is 7.20. The average Bonchev–Trinajstić information content (AvgIpc) is 3.21. The molecule has 56 heavy (non-hydrogen) atoms. The fourth-order valence-electron chi connectivity index (χ4n) is 7.31. The SMILES string of the molecule is CCCCCCCCO[Si](OCCCCCCCC)(OCCCCCCCC)[Si](OCCCCCCCC)(OCCCCCCCC)OCCCCCCCC. The summed E-state index contributed by atoms with van der Waals surface area (Å²) in [6, 6.07) is 0. The van der Waals surface area contributed by atoms with Gasteiger partial charge in [-0.3, -0.25) is 0 Å². The number of unbranched alkanes of at least 4 members (excludes halogenated alkanes) is 30. The maximum Gasteiger partial charge on any atom is 0.577 e. The Bertz CT molecular complexity index is 593. The van der Waals surface area contributed by atoms with Crippen molar-refractivity contribution in [2.24, 2.45) is 0 Å².